The number of rotatable bonds is 1. The van der Waals surface area contributed by atoms with Gasteiger partial charge >= 0.3 is 0 Å². The zero-order chi connectivity index (χ0) is 9.14. The number of aryl methyl sites for hydroxylation is 2. The average Bonchev–Trinajstić information content (AvgIpc) is 1.81. The van der Waals surface area contributed by atoms with Gasteiger partial charge in [-0.25, -0.2) is 0 Å². The molecule has 0 spiro atoms. The van der Waals surface area contributed by atoms with Gasteiger partial charge in [-0.2, -0.15) is 0 Å². The molecule has 0 saturated carbocycles. The van der Waals surface area contributed by atoms with Crippen molar-refractivity contribution < 1.29 is 4.79 Å². The van der Waals surface area contributed by atoms with E-state index < -0.39 is 0 Å². The first-order valence-electron chi connectivity index (χ1n) is 3.86. The molecule has 0 atom stereocenters. The summed E-state index contributed by atoms with van der Waals surface area (Å²) in [6.45, 7) is 5.41. The Hall–Kier alpha value is -1.31. The third-order valence-corrected chi connectivity index (χ3v) is 1.46. The zero-order valence-electron chi connectivity index (χ0n) is 7.56. The van der Waals surface area contributed by atoms with Crippen molar-refractivity contribution in [1.29, 1.82) is 0 Å². The van der Waals surface area contributed by atoms with Gasteiger partial charge in [0.15, 0.2) is 0 Å². The van der Waals surface area contributed by atoms with Gasteiger partial charge in [-0.3, -0.25) is 4.79 Å². The smallest absolute Gasteiger partial charge is 0.221 e. The van der Waals surface area contributed by atoms with Crippen LogP contribution in [0, 0.1) is 19.9 Å². The standard InChI is InChI=1S/C10H12NO/c1-7-4-8(2)6-10(5-7)11-9(3)12/h5-6H,1-3H3,(H,11,12). The van der Waals surface area contributed by atoms with E-state index in [1.807, 2.05) is 26.0 Å². The van der Waals surface area contributed by atoms with Crippen LogP contribution in [0.15, 0.2) is 12.1 Å². The first-order chi connectivity index (χ1) is 5.58. The number of nitrogens with one attached hydrogen (secondary N) is 1. The lowest BCUT2D eigenvalue weighted by atomic mass is 10.1. The fraction of sp³-hybridized carbons (Fsp3) is 0.300. The third-order valence-electron chi connectivity index (χ3n) is 1.46. The molecular weight excluding hydrogens is 150 g/mol. The minimum absolute atomic E-state index is 0.0417. The minimum Gasteiger partial charge on any atom is -0.326 e. The molecular formula is C10H12NO. The molecule has 0 aliphatic rings. The second-order valence-corrected chi connectivity index (χ2v) is 2.92. The molecule has 0 heterocycles. The Labute approximate surface area is 72.6 Å². The fourth-order valence-electron chi connectivity index (χ4n) is 1.17. The van der Waals surface area contributed by atoms with Crippen molar-refractivity contribution in [2.75, 3.05) is 5.32 Å². The van der Waals surface area contributed by atoms with Gasteiger partial charge in [-0.1, -0.05) is 0 Å². The highest BCUT2D eigenvalue weighted by Gasteiger charge is 1.96. The molecule has 2 nitrogen and oxygen atoms in total. The molecule has 0 unspecified atom stereocenters. The minimum atomic E-state index is -0.0417. The van der Waals surface area contributed by atoms with E-state index in [1.54, 1.807) is 0 Å². The number of hydrogen-bond acceptors (Lipinski definition) is 1. The van der Waals surface area contributed by atoms with Crippen LogP contribution < -0.4 is 5.32 Å². The van der Waals surface area contributed by atoms with E-state index in [0.717, 1.165) is 16.8 Å². The van der Waals surface area contributed by atoms with Gasteiger partial charge < -0.3 is 5.32 Å². The molecule has 1 rings (SSSR count). The maximum absolute atomic E-state index is 10.7. The summed E-state index contributed by atoms with van der Waals surface area (Å²) in [5, 5.41) is 2.73. The first kappa shape index (κ1) is 8.78. The van der Waals surface area contributed by atoms with Crippen LogP contribution in [-0.4, -0.2) is 5.91 Å². The number of benzene rings is 1. The van der Waals surface area contributed by atoms with Crippen LogP contribution in [0.5, 0.6) is 0 Å². The number of anilines is 1. The predicted octanol–water partition coefficient (Wildman–Crippen LogP) is 2.06. The van der Waals surface area contributed by atoms with E-state index in [-0.39, 0.29) is 5.91 Å². The third kappa shape index (κ3) is 2.38. The number of carbonyl (C=O) groups excluding carboxylic acids is 1. The molecule has 0 bridgehead atoms. The van der Waals surface area contributed by atoms with Gasteiger partial charge in [0.05, 0.1) is 0 Å². The first-order valence-corrected chi connectivity index (χ1v) is 3.86. The molecule has 1 aromatic carbocycles. The lowest BCUT2D eigenvalue weighted by molar-refractivity contribution is -0.114. The lowest BCUT2D eigenvalue weighted by Gasteiger charge is -2.03. The SMILES string of the molecule is CC(=O)Nc1cc(C)[c]c(C)c1. The Bertz CT molecular complexity index is 284. The quantitative estimate of drug-likeness (QED) is 0.672. The van der Waals surface area contributed by atoms with Crippen LogP contribution in [0.25, 0.3) is 0 Å². The molecule has 0 aromatic heterocycles. The van der Waals surface area contributed by atoms with Crippen LogP contribution in [0.1, 0.15) is 18.1 Å². The highest BCUT2D eigenvalue weighted by molar-refractivity contribution is 5.88. The van der Waals surface area contributed by atoms with Gasteiger partial charge in [0.1, 0.15) is 0 Å². The molecule has 1 radical (unpaired) electrons. The largest absolute Gasteiger partial charge is 0.326 e. The van der Waals surface area contributed by atoms with Gasteiger partial charge in [-0.05, 0) is 43.2 Å². The molecule has 2 heteroatoms. The van der Waals surface area contributed by atoms with Gasteiger partial charge in [0.25, 0.3) is 0 Å². The van der Waals surface area contributed by atoms with E-state index in [1.165, 1.54) is 6.92 Å². The Morgan fingerprint density at radius 2 is 1.83 bits per heavy atom. The number of hydrogen-bond donors (Lipinski definition) is 1. The Balaban J connectivity index is 2.93. The summed E-state index contributed by atoms with van der Waals surface area (Å²) in [5.41, 5.74) is 2.92. The summed E-state index contributed by atoms with van der Waals surface area (Å²) in [7, 11) is 0. The van der Waals surface area contributed by atoms with Crippen LogP contribution in [0.4, 0.5) is 5.69 Å². The van der Waals surface area contributed by atoms with Crippen molar-refractivity contribution in [1.82, 2.24) is 0 Å². The summed E-state index contributed by atoms with van der Waals surface area (Å²) in [6, 6.07) is 6.93. The van der Waals surface area contributed by atoms with Gasteiger partial charge in [0, 0.05) is 12.6 Å². The van der Waals surface area contributed by atoms with Crippen molar-refractivity contribution in [3.63, 3.8) is 0 Å². The number of amides is 1. The molecule has 1 N–H and O–H groups in total. The molecule has 1 aromatic rings. The molecule has 63 valence electrons. The summed E-state index contributed by atoms with van der Waals surface area (Å²) in [5.74, 6) is -0.0417. The van der Waals surface area contributed by atoms with Crippen LogP contribution in [-0.2, 0) is 4.79 Å². The van der Waals surface area contributed by atoms with Crippen molar-refractivity contribution in [3.05, 3.63) is 29.3 Å². The van der Waals surface area contributed by atoms with Crippen molar-refractivity contribution in [3.8, 4) is 0 Å². The molecule has 0 fully saturated rings. The predicted molar refractivity (Wildman–Crippen MR) is 49.1 cm³/mol. The molecule has 1 amide bonds. The van der Waals surface area contributed by atoms with Crippen molar-refractivity contribution in [2.24, 2.45) is 0 Å². The fourth-order valence-corrected chi connectivity index (χ4v) is 1.17. The van der Waals surface area contributed by atoms with E-state index in [2.05, 4.69) is 11.4 Å². The molecule has 12 heavy (non-hydrogen) atoms. The van der Waals surface area contributed by atoms with Crippen molar-refractivity contribution in [2.45, 2.75) is 20.8 Å². The van der Waals surface area contributed by atoms with E-state index in [9.17, 15) is 4.79 Å². The van der Waals surface area contributed by atoms with E-state index in [4.69, 9.17) is 0 Å². The normalized spacial score (nSPS) is 9.58. The van der Waals surface area contributed by atoms with Gasteiger partial charge in [0.2, 0.25) is 5.91 Å². The summed E-state index contributed by atoms with van der Waals surface area (Å²) in [4.78, 5) is 10.7. The Morgan fingerprint density at radius 3 is 2.25 bits per heavy atom. The van der Waals surface area contributed by atoms with E-state index in [0.29, 0.717) is 0 Å². The van der Waals surface area contributed by atoms with Crippen LogP contribution in [0.3, 0.4) is 0 Å². The highest BCUT2D eigenvalue weighted by Crippen LogP contribution is 2.12. The Morgan fingerprint density at radius 1 is 1.33 bits per heavy atom. The zero-order valence-corrected chi connectivity index (χ0v) is 7.56. The van der Waals surface area contributed by atoms with Gasteiger partial charge in [-0.15, -0.1) is 0 Å². The van der Waals surface area contributed by atoms with E-state index >= 15 is 0 Å². The van der Waals surface area contributed by atoms with Crippen LogP contribution in [0.2, 0.25) is 0 Å². The molecule has 0 saturated heterocycles. The Kier molecular flexibility index (Phi) is 2.48. The average molecular weight is 162 g/mol. The molecule has 0 aliphatic carbocycles. The second kappa shape index (κ2) is 3.39. The summed E-state index contributed by atoms with van der Waals surface area (Å²) < 4.78 is 0. The maximum atomic E-state index is 10.7. The topological polar surface area (TPSA) is 29.1 Å². The lowest BCUT2D eigenvalue weighted by Crippen LogP contribution is -2.05. The maximum Gasteiger partial charge on any atom is 0.221 e. The highest BCUT2D eigenvalue weighted by atomic mass is 16.1. The van der Waals surface area contributed by atoms with Crippen LogP contribution >= 0.6 is 0 Å². The number of carbonyl (C=O) groups is 1. The summed E-state index contributed by atoms with van der Waals surface area (Å²) in [6.07, 6.45) is 0. The molecule has 0 aliphatic heterocycles. The second-order valence-electron chi connectivity index (χ2n) is 2.92. The van der Waals surface area contributed by atoms with Crippen molar-refractivity contribution >= 4 is 11.6 Å². The monoisotopic (exact) mass is 162 g/mol. The summed E-state index contributed by atoms with van der Waals surface area (Å²) >= 11 is 0.